The van der Waals surface area contributed by atoms with E-state index in [4.69, 9.17) is 9.47 Å². The standard InChI is InChI=1S/C16H30N2O2/c1-4-19-15-9-14(16(15,2)3)17-10-13-11-18(7-8-20-13)12-5-6-12/h12-15,17H,4-11H2,1-3H3/t13-,14+,15-/m1/s1. The SMILES string of the molecule is CCO[C@@H]1C[C@H](NC[C@@H]2CN(C3CC3)CCO2)C1(C)C. The molecular weight excluding hydrogens is 252 g/mol. The lowest BCUT2D eigenvalue weighted by atomic mass is 9.64. The number of hydrogen-bond donors (Lipinski definition) is 1. The minimum atomic E-state index is 0.251. The van der Waals surface area contributed by atoms with Crippen molar-refractivity contribution < 1.29 is 9.47 Å². The van der Waals surface area contributed by atoms with Gasteiger partial charge in [-0.05, 0) is 26.2 Å². The van der Waals surface area contributed by atoms with Gasteiger partial charge in [0.2, 0.25) is 0 Å². The minimum absolute atomic E-state index is 0.251. The summed E-state index contributed by atoms with van der Waals surface area (Å²) in [5.41, 5.74) is 0.251. The second kappa shape index (κ2) is 5.91. The van der Waals surface area contributed by atoms with Crippen molar-refractivity contribution in [2.45, 2.75) is 64.3 Å². The highest BCUT2D eigenvalue weighted by Crippen LogP contribution is 2.42. The summed E-state index contributed by atoms with van der Waals surface area (Å²) in [6.07, 6.45) is 4.71. The Morgan fingerprint density at radius 3 is 2.80 bits per heavy atom. The zero-order chi connectivity index (χ0) is 14.2. The predicted octanol–water partition coefficient (Wildman–Crippen LogP) is 1.64. The van der Waals surface area contributed by atoms with Gasteiger partial charge in [0.1, 0.15) is 0 Å². The van der Waals surface area contributed by atoms with Gasteiger partial charge in [-0.25, -0.2) is 0 Å². The molecule has 4 heteroatoms. The summed E-state index contributed by atoms with van der Waals surface area (Å²) in [4.78, 5) is 2.62. The maximum atomic E-state index is 5.91. The molecule has 4 nitrogen and oxygen atoms in total. The van der Waals surface area contributed by atoms with Gasteiger partial charge in [0.05, 0.1) is 18.8 Å². The Balaban J connectivity index is 1.41. The number of rotatable bonds is 6. The van der Waals surface area contributed by atoms with E-state index in [0.717, 1.165) is 45.3 Å². The average molecular weight is 282 g/mol. The molecule has 3 fully saturated rings. The molecule has 0 aromatic carbocycles. The lowest BCUT2D eigenvalue weighted by Gasteiger charge is -2.52. The molecule has 20 heavy (non-hydrogen) atoms. The monoisotopic (exact) mass is 282 g/mol. The van der Waals surface area contributed by atoms with Gasteiger partial charge in [0, 0.05) is 43.7 Å². The van der Waals surface area contributed by atoms with E-state index in [-0.39, 0.29) is 5.41 Å². The third-order valence-corrected chi connectivity index (χ3v) is 5.37. The Hall–Kier alpha value is -0.160. The number of hydrogen-bond acceptors (Lipinski definition) is 4. The summed E-state index contributed by atoms with van der Waals surface area (Å²) < 4.78 is 11.7. The third kappa shape index (κ3) is 3.03. The van der Waals surface area contributed by atoms with Crippen molar-refractivity contribution in [3.05, 3.63) is 0 Å². The fourth-order valence-corrected chi connectivity index (χ4v) is 3.63. The van der Waals surface area contributed by atoms with Crippen LogP contribution in [0.3, 0.4) is 0 Å². The molecule has 0 unspecified atom stereocenters. The fourth-order valence-electron chi connectivity index (χ4n) is 3.63. The second-order valence-corrected chi connectivity index (χ2v) is 7.18. The van der Waals surface area contributed by atoms with E-state index >= 15 is 0 Å². The first kappa shape index (κ1) is 14.8. The maximum Gasteiger partial charge on any atom is 0.0826 e. The molecule has 0 aromatic heterocycles. The molecule has 1 aliphatic heterocycles. The minimum Gasteiger partial charge on any atom is -0.378 e. The maximum absolute atomic E-state index is 5.91. The van der Waals surface area contributed by atoms with Crippen LogP contribution < -0.4 is 5.32 Å². The van der Waals surface area contributed by atoms with Crippen LogP contribution in [0.5, 0.6) is 0 Å². The summed E-state index contributed by atoms with van der Waals surface area (Å²) in [7, 11) is 0. The molecule has 3 atom stereocenters. The van der Waals surface area contributed by atoms with Crippen molar-refractivity contribution in [2.75, 3.05) is 32.8 Å². The molecule has 1 N–H and O–H groups in total. The van der Waals surface area contributed by atoms with E-state index in [2.05, 4.69) is 31.0 Å². The Kier molecular flexibility index (Phi) is 4.37. The second-order valence-electron chi connectivity index (χ2n) is 7.18. The largest absolute Gasteiger partial charge is 0.378 e. The lowest BCUT2D eigenvalue weighted by Crippen LogP contribution is -2.62. The summed E-state index contributed by atoms with van der Waals surface area (Å²) in [6, 6.07) is 1.43. The molecule has 1 heterocycles. The van der Waals surface area contributed by atoms with E-state index in [1.165, 1.54) is 12.8 Å². The highest BCUT2D eigenvalue weighted by molar-refractivity contribution is 5.03. The topological polar surface area (TPSA) is 33.7 Å². The van der Waals surface area contributed by atoms with Crippen molar-refractivity contribution in [3.63, 3.8) is 0 Å². The smallest absolute Gasteiger partial charge is 0.0826 e. The molecule has 3 aliphatic rings. The number of nitrogens with one attached hydrogen (secondary N) is 1. The Morgan fingerprint density at radius 1 is 1.35 bits per heavy atom. The van der Waals surface area contributed by atoms with Crippen molar-refractivity contribution in [1.29, 1.82) is 0 Å². The average Bonchev–Trinajstić information content (AvgIpc) is 3.27. The summed E-state index contributed by atoms with van der Waals surface area (Å²) in [5.74, 6) is 0. The molecule has 0 amide bonds. The Morgan fingerprint density at radius 2 is 2.15 bits per heavy atom. The first-order chi connectivity index (χ1) is 9.61. The van der Waals surface area contributed by atoms with Gasteiger partial charge in [0.25, 0.3) is 0 Å². The number of morpholine rings is 1. The van der Waals surface area contributed by atoms with Crippen LogP contribution in [0.4, 0.5) is 0 Å². The van der Waals surface area contributed by atoms with E-state index in [0.29, 0.717) is 18.2 Å². The lowest BCUT2D eigenvalue weighted by molar-refractivity contribution is -0.118. The molecule has 0 bridgehead atoms. The summed E-state index contributed by atoms with van der Waals surface area (Å²) >= 11 is 0. The van der Waals surface area contributed by atoms with Gasteiger partial charge in [-0.15, -0.1) is 0 Å². The van der Waals surface area contributed by atoms with Crippen LogP contribution in [0.25, 0.3) is 0 Å². The Labute approximate surface area is 123 Å². The van der Waals surface area contributed by atoms with Gasteiger partial charge in [-0.1, -0.05) is 13.8 Å². The first-order valence-electron chi connectivity index (χ1n) is 8.32. The van der Waals surface area contributed by atoms with Gasteiger partial charge in [-0.3, -0.25) is 4.90 Å². The Bertz CT molecular complexity index is 330. The van der Waals surface area contributed by atoms with Gasteiger partial charge >= 0.3 is 0 Å². The van der Waals surface area contributed by atoms with Crippen molar-refractivity contribution >= 4 is 0 Å². The fraction of sp³-hybridized carbons (Fsp3) is 1.00. The number of ether oxygens (including phenoxy) is 2. The quantitative estimate of drug-likeness (QED) is 0.803. The zero-order valence-corrected chi connectivity index (χ0v) is 13.2. The highest BCUT2D eigenvalue weighted by atomic mass is 16.5. The molecular formula is C16H30N2O2. The molecule has 116 valence electrons. The molecule has 0 aromatic rings. The van der Waals surface area contributed by atoms with Crippen LogP contribution in [0, 0.1) is 5.41 Å². The van der Waals surface area contributed by atoms with E-state index in [1.54, 1.807) is 0 Å². The number of nitrogens with zero attached hydrogens (tertiary/aromatic N) is 1. The highest BCUT2D eigenvalue weighted by Gasteiger charge is 2.48. The van der Waals surface area contributed by atoms with Crippen LogP contribution in [-0.4, -0.2) is 62.0 Å². The van der Waals surface area contributed by atoms with Crippen LogP contribution >= 0.6 is 0 Å². The predicted molar refractivity (Wildman–Crippen MR) is 79.9 cm³/mol. The third-order valence-electron chi connectivity index (χ3n) is 5.37. The van der Waals surface area contributed by atoms with Crippen LogP contribution in [0.1, 0.15) is 40.0 Å². The molecule has 2 aliphatic carbocycles. The molecule has 0 radical (unpaired) electrons. The summed E-state index contributed by atoms with van der Waals surface area (Å²) in [6.45, 7) is 11.7. The normalized spacial score (nSPS) is 37.6. The molecule has 3 rings (SSSR count). The molecule has 1 saturated heterocycles. The van der Waals surface area contributed by atoms with Crippen LogP contribution in [-0.2, 0) is 9.47 Å². The molecule has 2 saturated carbocycles. The molecule has 0 spiro atoms. The summed E-state index contributed by atoms with van der Waals surface area (Å²) in [5, 5.41) is 3.72. The van der Waals surface area contributed by atoms with Crippen molar-refractivity contribution in [2.24, 2.45) is 5.41 Å². The first-order valence-corrected chi connectivity index (χ1v) is 8.32. The van der Waals surface area contributed by atoms with Crippen molar-refractivity contribution in [3.8, 4) is 0 Å². The van der Waals surface area contributed by atoms with Crippen molar-refractivity contribution in [1.82, 2.24) is 10.2 Å². The van der Waals surface area contributed by atoms with E-state index in [1.807, 2.05) is 0 Å². The van der Waals surface area contributed by atoms with Gasteiger partial charge in [0.15, 0.2) is 0 Å². The van der Waals surface area contributed by atoms with E-state index < -0.39 is 0 Å². The van der Waals surface area contributed by atoms with E-state index in [9.17, 15) is 0 Å². The van der Waals surface area contributed by atoms with Gasteiger partial charge < -0.3 is 14.8 Å². The van der Waals surface area contributed by atoms with Crippen LogP contribution in [0.2, 0.25) is 0 Å². The van der Waals surface area contributed by atoms with Gasteiger partial charge in [-0.2, -0.15) is 0 Å². The van der Waals surface area contributed by atoms with Crippen LogP contribution in [0.15, 0.2) is 0 Å². The zero-order valence-electron chi connectivity index (χ0n) is 13.2.